The zero-order chi connectivity index (χ0) is 11.3. The van der Waals surface area contributed by atoms with Crippen molar-refractivity contribution >= 4 is 0 Å². The Morgan fingerprint density at radius 2 is 1.73 bits per heavy atom. The predicted molar refractivity (Wildman–Crippen MR) is 60.8 cm³/mol. The summed E-state index contributed by atoms with van der Waals surface area (Å²) in [6.07, 6.45) is 4.29. The van der Waals surface area contributed by atoms with E-state index in [0.29, 0.717) is 0 Å². The topological polar surface area (TPSA) is 66.5 Å². The molecule has 3 nitrogen and oxygen atoms in total. The van der Waals surface area contributed by atoms with Crippen molar-refractivity contribution in [2.45, 2.75) is 38.6 Å². The summed E-state index contributed by atoms with van der Waals surface area (Å²) in [5.41, 5.74) is 6.75. The van der Waals surface area contributed by atoms with Crippen molar-refractivity contribution in [3.63, 3.8) is 0 Å². The van der Waals surface area contributed by atoms with Gasteiger partial charge in [0.05, 0.1) is 0 Å². The minimum Gasteiger partial charge on any atom is -0.508 e. The van der Waals surface area contributed by atoms with E-state index in [2.05, 4.69) is 6.92 Å². The molecule has 1 atom stereocenters. The van der Waals surface area contributed by atoms with Gasteiger partial charge in [-0.2, -0.15) is 0 Å². The average Bonchev–Trinajstić information content (AvgIpc) is 2.16. The first-order valence-electron chi connectivity index (χ1n) is 5.42. The molecule has 1 aromatic rings. The Hall–Kier alpha value is -1.22. The van der Waals surface area contributed by atoms with Crippen LogP contribution in [0.3, 0.4) is 0 Å². The quantitative estimate of drug-likeness (QED) is 0.653. The summed E-state index contributed by atoms with van der Waals surface area (Å²) in [4.78, 5) is 0. The van der Waals surface area contributed by atoms with E-state index in [1.54, 1.807) is 12.1 Å². The molecule has 0 saturated carbocycles. The Kier molecular flexibility index (Phi) is 4.43. The van der Waals surface area contributed by atoms with Gasteiger partial charge < -0.3 is 15.9 Å². The third-order valence-electron chi connectivity index (χ3n) is 2.47. The molecule has 0 amide bonds. The Bertz CT molecular complexity index is 292. The lowest BCUT2D eigenvalue weighted by Gasteiger charge is -2.12. The minimum atomic E-state index is -0.102. The van der Waals surface area contributed by atoms with Crippen LogP contribution in [0.5, 0.6) is 11.5 Å². The van der Waals surface area contributed by atoms with E-state index >= 15 is 0 Å². The van der Waals surface area contributed by atoms with Crippen LogP contribution in [0.2, 0.25) is 0 Å². The fraction of sp³-hybridized carbons (Fsp3) is 0.500. The molecule has 15 heavy (non-hydrogen) atoms. The number of phenolic OH excluding ortho intramolecular Hbond substituents is 2. The monoisotopic (exact) mass is 209 g/mol. The summed E-state index contributed by atoms with van der Waals surface area (Å²) in [5.74, 6) is 0.131. The van der Waals surface area contributed by atoms with Gasteiger partial charge in [-0.3, -0.25) is 0 Å². The van der Waals surface area contributed by atoms with Crippen molar-refractivity contribution in [3.05, 3.63) is 23.8 Å². The SMILES string of the molecule is CCCCC[C@H](N)c1cc(O)cc(O)c1. The number of aromatic hydroxyl groups is 2. The fourth-order valence-electron chi connectivity index (χ4n) is 1.61. The van der Waals surface area contributed by atoms with Crippen molar-refractivity contribution in [2.24, 2.45) is 5.73 Å². The molecule has 0 bridgehead atoms. The summed E-state index contributed by atoms with van der Waals surface area (Å²) in [6.45, 7) is 2.14. The second-order valence-corrected chi connectivity index (χ2v) is 3.89. The van der Waals surface area contributed by atoms with Gasteiger partial charge in [-0.1, -0.05) is 26.2 Å². The molecule has 0 spiro atoms. The van der Waals surface area contributed by atoms with Crippen LogP contribution < -0.4 is 5.73 Å². The molecular weight excluding hydrogens is 190 g/mol. The molecule has 0 unspecified atom stereocenters. The van der Waals surface area contributed by atoms with Gasteiger partial charge >= 0.3 is 0 Å². The number of phenols is 2. The van der Waals surface area contributed by atoms with Gasteiger partial charge in [0.15, 0.2) is 0 Å². The molecule has 3 heteroatoms. The first kappa shape index (κ1) is 11.9. The van der Waals surface area contributed by atoms with E-state index in [0.717, 1.165) is 24.8 Å². The van der Waals surface area contributed by atoms with E-state index in [1.807, 2.05) is 0 Å². The summed E-state index contributed by atoms with van der Waals surface area (Å²) < 4.78 is 0. The van der Waals surface area contributed by atoms with Crippen molar-refractivity contribution in [1.82, 2.24) is 0 Å². The molecular formula is C12H19NO2. The highest BCUT2D eigenvalue weighted by Gasteiger charge is 2.07. The Labute approximate surface area is 90.5 Å². The van der Waals surface area contributed by atoms with Crippen LogP contribution in [0, 0.1) is 0 Å². The van der Waals surface area contributed by atoms with E-state index < -0.39 is 0 Å². The first-order valence-corrected chi connectivity index (χ1v) is 5.42. The normalized spacial score (nSPS) is 12.7. The zero-order valence-electron chi connectivity index (χ0n) is 9.11. The van der Waals surface area contributed by atoms with Crippen molar-refractivity contribution in [2.75, 3.05) is 0 Å². The van der Waals surface area contributed by atoms with Crippen LogP contribution in [0.25, 0.3) is 0 Å². The maximum Gasteiger partial charge on any atom is 0.119 e. The van der Waals surface area contributed by atoms with E-state index in [1.165, 1.54) is 12.5 Å². The molecule has 0 aromatic heterocycles. The van der Waals surface area contributed by atoms with Crippen LogP contribution in [0.1, 0.15) is 44.2 Å². The molecule has 0 radical (unpaired) electrons. The van der Waals surface area contributed by atoms with Gasteiger partial charge in [-0.25, -0.2) is 0 Å². The number of benzene rings is 1. The van der Waals surface area contributed by atoms with E-state index in [4.69, 9.17) is 5.73 Å². The third kappa shape index (κ3) is 3.80. The lowest BCUT2D eigenvalue weighted by Crippen LogP contribution is -2.09. The number of hydrogen-bond acceptors (Lipinski definition) is 3. The van der Waals surface area contributed by atoms with Gasteiger partial charge in [0.2, 0.25) is 0 Å². The molecule has 0 saturated heterocycles. The van der Waals surface area contributed by atoms with E-state index in [-0.39, 0.29) is 17.5 Å². The molecule has 0 heterocycles. The Morgan fingerprint density at radius 3 is 2.27 bits per heavy atom. The molecule has 1 rings (SSSR count). The lowest BCUT2D eigenvalue weighted by molar-refractivity contribution is 0.446. The van der Waals surface area contributed by atoms with Crippen LogP contribution in [0.4, 0.5) is 0 Å². The van der Waals surface area contributed by atoms with Crippen molar-refractivity contribution in [1.29, 1.82) is 0 Å². The number of hydrogen-bond donors (Lipinski definition) is 3. The van der Waals surface area contributed by atoms with E-state index in [9.17, 15) is 10.2 Å². The smallest absolute Gasteiger partial charge is 0.119 e. The molecule has 0 fully saturated rings. The largest absolute Gasteiger partial charge is 0.508 e. The number of rotatable bonds is 5. The maximum absolute atomic E-state index is 9.30. The first-order chi connectivity index (χ1) is 7.13. The Balaban J connectivity index is 2.60. The van der Waals surface area contributed by atoms with Crippen LogP contribution in [-0.4, -0.2) is 10.2 Å². The maximum atomic E-state index is 9.30. The molecule has 84 valence electrons. The van der Waals surface area contributed by atoms with Crippen LogP contribution in [-0.2, 0) is 0 Å². The van der Waals surface area contributed by atoms with Gasteiger partial charge in [-0.15, -0.1) is 0 Å². The molecule has 0 aliphatic carbocycles. The highest BCUT2D eigenvalue weighted by atomic mass is 16.3. The number of unbranched alkanes of at least 4 members (excludes halogenated alkanes) is 2. The molecule has 4 N–H and O–H groups in total. The van der Waals surface area contributed by atoms with Gasteiger partial charge in [0.1, 0.15) is 11.5 Å². The zero-order valence-corrected chi connectivity index (χ0v) is 9.11. The lowest BCUT2D eigenvalue weighted by atomic mass is 10.0. The second kappa shape index (κ2) is 5.61. The second-order valence-electron chi connectivity index (χ2n) is 3.89. The average molecular weight is 209 g/mol. The van der Waals surface area contributed by atoms with Gasteiger partial charge in [-0.05, 0) is 24.1 Å². The van der Waals surface area contributed by atoms with Crippen molar-refractivity contribution < 1.29 is 10.2 Å². The highest BCUT2D eigenvalue weighted by molar-refractivity contribution is 5.37. The van der Waals surface area contributed by atoms with Gasteiger partial charge in [0.25, 0.3) is 0 Å². The summed E-state index contributed by atoms with van der Waals surface area (Å²) in [6, 6.07) is 4.42. The highest BCUT2D eigenvalue weighted by Crippen LogP contribution is 2.26. The summed E-state index contributed by atoms with van der Waals surface area (Å²) in [7, 11) is 0. The minimum absolute atomic E-state index is 0.0657. The Morgan fingerprint density at radius 1 is 1.13 bits per heavy atom. The molecule has 0 aliphatic heterocycles. The van der Waals surface area contributed by atoms with Crippen LogP contribution in [0.15, 0.2) is 18.2 Å². The molecule has 1 aromatic carbocycles. The summed E-state index contributed by atoms with van der Waals surface area (Å²) >= 11 is 0. The van der Waals surface area contributed by atoms with Gasteiger partial charge in [0, 0.05) is 12.1 Å². The number of nitrogens with two attached hydrogens (primary N) is 1. The third-order valence-corrected chi connectivity index (χ3v) is 2.47. The molecule has 0 aliphatic rings. The summed E-state index contributed by atoms with van der Waals surface area (Å²) in [5, 5.41) is 18.6. The fourth-order valence-corrected chi connectivity index (χ4v) is 1.61. The standard InChI is InChI=1S/C12H19NO2/c1-2-3-4-5-12(13)9-6-10(14)8-11(15)7-9/h6-8,12,14-15H,2-5,13H2,1H3/t12-/m0/s1. The predicted octanol–water partition coefficient (Wildman–Crippen LogP) is 2.68. The van der Waals surface area contributed by atoms with Crippen LogP contribution >= 0.6 is 0 Å². The van der Waals surface area contributed by atoms with Crippen molar-refractivity contribution in [3.8, 4) is 11.5 Å².